The van der Waals surface area contributed by atoms with Gasteiger partial charge in [0.2, 0.25) is 0 Å². The van der Waals surface area contributed by atoms with Crippen molar-refractivity contribution in [2.45, 2.75) is 20.5 Å². The lowest BCUT2D eigenvalue weighted by Gasteiger charge is -2.02. The quantitative estimate of drug-likeness (QED) is 0.466. The molecule has 1 aromatic rings. The summed E-state index contributed by atoms with van der Waals surface area (Å²) in [5, 5.41) is 7.40. The van der Waals surface area contributed by atoms with Gasteiger partial charge in [-0.15, -0.1) is 0 Å². The summed E-state index contributed by atoms with van der Waals surface area (Å²) in [6, 6.07) is 8.09. The number of ether oxygens (including phenoxy) is 2. The zero-order valence-electron chi connectivity index (χ0n) is 11.3. The van der Waals surface area contributed by atoms with Crippen molar-refractivity contribution in [1.29, 1.82) is 5.41 Å². The molecule has 0 aliphatic heterocycles. The molecule has 0 saturated heterocycles. The van der Waals surface area contributed by atoms with Gasteiger partial charge in [0.1, 0.15) is 5.71 Å². The van der Waals surface area contributed by atoms with E-state index in [1.165, 1.54) is 11.6 Å². The molecule has 4 nitrogen and oxygen atoms in total. The molecule has 1 rings (SSSR count). The second kappa shape index (κ2) is 8.21. The van der Waals surface area contributed by atoms with Gasteiger partial charge in [0, 0.05) is 0 Å². The first-order valence-electron chi connectivity index (χ1n) is 6.19. The van der Waals surface area contributed by atoms with Gasteiger partial charge in [-0.3, -0.25) is 5.41 Å². The molecule has 102 valence electrons. The number of hydrogen-bond donors (Lipinski definition) is 1. The van der Waals surface area contributed by atoms with Crippen LogP contribution in [0.3, 0.4) is 0 Å². The minimum atomic E-state index is -0.614. The maximum Gasteiger partial charge on any atom is 0.356 e. The number of rotatable bonds is 7. The molecule has 0 saturated carbocycles. The highest BCUT2D eigenvalue weighted by Gasteiger charge is 2.04. The van der Waals surface area contributed by atoms with E-state index in [0.717, 1.165) is 5.56 Å². The van der Waals surface area contributed by atoms with E-state index in [9.17, 15) is 4.79 Å². The third-order valence-corrected chi connectivity index (χ3v) is 2.38. The maximum atomic E-state index is 11.1. The fraction of sp³-hybridized carbons (Fsp3) is 0.333. The van der Waals surface area contributed by atoms with Crippen LogP contribution in [-0.2, 0) is 20.9 Å². The van der Waals surface area contributed by atoms with Gasteiger partial charge in [-0.05, 0) is 25.5 Å². The van der Waals surface area contributed by atoms with Crippen LogP contribution < -0.4 is 0 Å². The highest BCUT2D eigenvalue weighted by molar-refractivity contribution is 6.39. The Kier molecular flexibility index (Phi) is 6.53. The normalized spacial score (nSPS) is 10.6. The molecule has 0 amide bonds. The summed E-state index contributed by atoms with van der Waals surface area (Å²) in [5.41, 5.74) is 2.15. The van der Waals surface area contributed by atoms with Crippen molar-refractivity contribution in [1.82, 2.24) is 0 Å². The van der Waals surface area contributed by atoms with Crippen molar-refractivity contribution in [2.75, 3.05) is 13.2 Å². The van der Waals surface area contributed by atoms with Gasteiger partial charge in [0.25, 0.3) is 0 Å². The lowest BCUT2D eigenvalue weighted by molar-refractivity contribution is -0.135. The molecule has 0 spiro atoms. The van der Waals surface area contributed by atoms with Crippen LogP contribution in [0.15, 0.2) is 36.4 Å². The van der Waals surface area contributed by atoms with Crippen LogP contribution >= 0.6 is 0 Å². The maximum absolute atomic E-state index is 11.1. The molecule has 0 atom stereocenters. The second-order valence-corrected chi connectivity index (χ2v) is 4.04. The molecule has 1 aromatic carbocycles. The average molecular weight is 261 g/mol. The van der Waals surface area contributed by atoms with Crippen molar-refractivity contribution >= 4 is 11.7 Å². The summed E-state index contributed by atoms with van der Waals surface area (Å²) in [7, 11) is 0. The van der Waals surface area contributed by atoms with E-state index >= 15 is 0 Å². The molecule has 0 aliphatic rings. The van der Waals surface area contributed by atoms with E-state index in [0.29, 0.717) is 13.2 Å². The molecule has 4 heteroatoms. The van der Waals surface area contributed by atoms with Gasteiger partial charge in [-0.25, -0.2) is 4.79 Å². The summed E-state index contributed by atoms with van der Waals surface area (Å²) in [6.45, 7) is 4.89. The topological polar surface area (TPSA) is 59.4 Å². The van der Waals surface area contributed by atoms with Crippen LogP contribution in [0.4, 0.5) is 0 Å². The van der Waals surface area contributed by atoms with Gasteiger partial charge in [-0.1, -0.05) is 35.9 Å². The third-order valence-electron chi connectivity index (χ3n) is 2.38. The molecule has 0 unspecified atom stereocenters. The lowest BCUT2D eigenvalue weighted by Crippen LogP contribution is -2.14. The Labute approximate surface area is 113 Å². The summed E-state index contributed by atoms with van der Waals surface area (Å²) < 4.78 is 10.1. The SMILES string of the molecule is CCOC(=O)C(=N)C=CCOCc1ccc(C)cc1. The molecule has 1 N–H and O–H groups in total. The predicted molar refractivity (Wildman–Crippen MR) is 74.3 cm³/mol. The molecule has 0 fully saturated rings. The van der Waals surface area contributed by atoms with Gasteiger partial charge in [0.15, 0.2) is 0 Å². The van der Waals surface area contributed by atoms with Gasteiger partial charge < -0.3 is 9.47 Å². The van der Waals surface area contributed by atoms with Gasteiger partial charge in [0.05, 0.1) is 19.8 Å². The highest BCUT2D eigenvalue weighted by atomic mass is 16.5. The minimum Gasteiger partial charge on any atom is -0.461 e. The van der Waals surface area contributed by atoms with E-state index in [4.69, 9.17) is 10.1 Å². The van der Waals surface area contributed by atoms with E-state index in [1.807, 2.05) is 31.2 Å². The smallest absolute Gasteiger partial charge is 0.356 e. The van der Waals surface area contributed by atoms with E-state index in [2.05, 4.69) is 4.74 Å². The number of hydrogen-bond acceptors (Lipinski definition) is 4. The number of carbonyl (C=O) groups excluding carboxylic acids is 1. The van der Waals surface area contributed by atoms with E-state index in [-0.39, 0.29) is 12.3 Å². The molecule has 0 heterocycles. The monoisotopic (exact) mass is 261 g/mol. The zero-order valence-corrected chi connectivity index (χ0v) is 11.3. The van der Waals surface area contributed by atoms with Crippen molar-refractivity contribution in [3.05, 3.63) is 47.5 Å². The Morgan fingerprint density at radius 3 is 2.63 bits per heavy atom. The summed E-state index contributed by atoms with van der Waals surface area (Å²) >= 11 is 0. The van der Waals surface area contributed by atoms with Crippen LogP contribution in [-0.4, -0.2) is 24.9 Å². The first-order valence-corrected chi connectivity index (χ1v) is 6.19. The van der Waals surface area contributed by atoms with Gasteiger partial charge >= 0.3 is 5.97 Å². The lowest BCUT2D eigenvalue weighted by atomic mass is 10.2. The second-order valence-electron chi connectivity index (χ2n) is 4.04. The van der Waals surface area contributed by atoms with Crippen molar-refractivity contribution < 1.29 is 14.3 Å². The van der Waals surface area contributed by atoms with Crippen LogP contribution in [0, 0.1) is 12.3 Å². The molecular formula is C15H19NO3. The summed E-state index contributed by atoms with van der Waals surface area (Å²) in [5.74, 6) is -0.614. The van der Waals surface area contributed by atoms with Crippen LogP contribution in [0.5, 0.6) is 0 Å². The van der Waals surface area contributed by atoms with Crippen molar-refractivity contribution in [3.63, 3.8) is 0 Å². The molecule has 0 aliphatic carbocycles. The van der Waals surface area contributed by atoms with Crippen LogP contribution in [0.25, 0.3) is 0 Å². The van der Waals surface area contributed by atoms with Crippen molar-refractivity contribution in [2.24, 2.45) is 0 Å². The number of nitrogens with one attached hydrogen (secondary N) is 1. The highest BCUT2D eigenvalue weighted by Crippen LogP contribution is 2.04. The fourth-order valence-electron chi connectivity index (χ4n) is 1.37. The Bertz CT molecular complexity index is 449. The summed E-state index contributed by atoms with van der Waals surface area (Å²) in [6.07, 6.45) is 3.03. The van der Waals surface area contributed by atoms with Crippen LogP contribution in [0.1, 0.15) is 18.1 Å². The molecule has 0 bridgehead atoms. The summed E-state index contributed by atoms with van der Waals surface area (Å²) in [4.78, 5) is 11.1. The zero-order chi connectivity index (χ0) is 14.1. The Morgan fingerprint density at radius 1 is 1.32 bits per heavy atom. The third kappa shape index (κ3) is 5.97. The number of benzene rings is 1. The Hall–Kier alpha value is -1.94. The largest absolute Gasteiger partial charge is 0.461 e. The number of carbonyl (C=O) groups is 1. The Morgan fingerprint density at radius 2 is 2.00 bits per heavy atom. The van der Waals surface area contributed by atoms with E-state index in [1.54, 1.807) is 13.0 Å². The molecule has 0 aromatic heterocycles. The minimum absolute atomic E-state index is 0.166. The molecule has 0 radical (unpaired) electrons. The number of esters is 1. The van der Waals surface area contributed by atoms with Crippen molar-refractivity contribution in [3.8, 4) is 0 Å². The molecule has 19 heavy (non-hydrogen) atoms. The van der Waals surface area contributed by atoms with E-state index < -0.39 is 5.97 Å². The Balaban J connectivity index is 2.25. The first-order chi connectivity index (χ1) is 9.13. The fourth-order valence-corrected chi connectivity index (χ4v) is 1.37. The first kappa shape index (κ1) is 15.1. The average Bonchev–Trinajstić information content (AvgIpc) is 2.40. The molecular weight excluding hydrogens is 242 g/mol. The van der Waals surface area contributed by atoms with Gasteiger partial charge in [-0.2, -0.15) is 0 Å². The number of aryl methyl sites for hydroxylation is 1. The standard InChI is InChI=1S/C15H19NO3/c1-3-19-15(17)14(16)5-4-10-18-11-13-8-6-12(2)7-9-13/h4-9,16H,3,10-11H2,1-2H3. The van der Waals surface area contributed by atoms with Crippen LogP contribution in [0.2, 0.25) is 0 Å². The predicted octanol–water partition coefficient (Wildman–Crippen LogP) is 2.65.